The lowest BCUT2D eigenvalue weighted by Crippen LogP contribution is -2.01. The van der Waals surface area contributed by atoms with Crippen LogP contribution in [0, 0.1) is 5.82 Å². The fourth-order valence-electron chi connectivity index (χ4n) is 1.48. The first-order valence-corrected chi connectivity index (χ1v) is 6.20. The third kappa shape index (κ3) is 3.03. The number of carboxylic acid groups (broad SMARTS) is 1. The van der Waals surface area contributed by atoms with Crippen LogP contribution in [0.3, 0.4) is 0 Å². The van der Waals surface area contributed by atoms with E-state index >= 15 is 0 Å². The molecule has 0 spiro atoms. The quantitative estimate of drug-likeness (QED) is 0.915. The molecule has 0 amide bonds. The summed E-state index contributed by atoms with van der Waals surface area (Å²) in [6, 6.07) is 7.66. The summed E-state index contributed by atoms with van der Waals surface area (Å²) in [4.78, 5) is 11.1. The van der Waals surface area contributed by atoms with Crippen LogP contribution in [-0.2, 0) is 6.61 Å². The molecular weight excluding hydrogens is 271 g/mol. The first-order chi connectivity index (χ1) is 9.11. The van der Waals surface area contributed by atoms with Crippen LogP contribution in [-0.4, -0.2) is 18.2 Å². The third-order valence-electron chi connectivity index (χ3n) is 2.41. The number of ether oxygens (including phenoxy) is 2. The minimum Gasteiger partial charge on any atom is -0.487 e. The van der Waals surface area contributed by atoms with E-state index in [0.717, 1.165) is 11.3 Å². The molecular formula is C13H11FO4S. The largest absolute Gasteiger partial charge is 0.487 e. The molecule has 0 saturated carbocycles. The zero-order valence-electron chi connectivity index (χ0n) is 10.1. The van der Waals surface area contributed by atoms with Gasteiger partial charge in [0.1, 0.15) is 18.2 Å². The van der Waals surface area contributed by atoms with Crippen molar-refractivity contribution in [1.82, 2.24) is 0 Å². The Morgan fingerprint density at radius 3 is 2.79 bits per heavy atom. The van der Waals surface area contributed by atoms with Gasteiger partial charge in [0.05, 0.1) is 7.11 Å². The molecule has 1 aromatic heterocycles. The predicted molar refractivity (Wildman–Crippen MR) is 68.6 cm³/mol. The van der Waals surface area contributed by atoms with Crippen LogP contribution in [0.1, 0.15) is 15.2 Å². The van der Waals surface area contributed by atoms with Gasteiger partial charge in [0.15, 0.2) is 9.94 Å². The van der Waals surface area contributed by atoms with E-state index in [1.807, 2.05) is 0 Å². The standard InChI is InChI=1S/C13H11FO4S/c1-17-11-6-10(12(19-11)13(15)16)18-7-8-4-2-3-5-9(8)14/h2-6H,7H2,1H3,(H,15,16). The topological polar surface area (TPSA) is 55.8 Å². The summed E-state index contributed by atoms with van der Waals surface area (Å²) in [5.74, 6) is -1.31. The highest BCUT2D eigenvalue weighted by Gasteiger charge is 2.17. The Bertz CT molecular complexity index is 594. The molecule has 0 atom stereocenters. The molecule has 0 radical (unpaired) electrons. The van der Waals surface area contributed by atoms with Crippen LogP contribution >= 0.6 is 11.3 Å². The highest BCUT2D eigenvalue weighted by molar-refractivity contribution is 7.16. The van der Waals surface area contributed by atoms with E-state index in [9.17, 15) is 9.18 Å². The fourth-order valence-corrected chi connectivity index (χ4v) is 2.24. The molecule has 2 rings (SSSR count). The van der Waals surface area contributed by atoms with Gasteiger partial charge in [-0.25, -0.2) is 9.18 Å². The highest BCUT2D eigenvalue weighted by Crippen LogP contribution is 2.35. The minimum atomic E-state index is -1.10. The summed E-state index contributed by atoms with van der Waals surface area (Å²) >= 11 is 0.966. The number of methoxy groups -OCH3 is 1. The Kier molecular flexibility index (Phi) is 4.01. The maximum atomic E-state index is 13.4. The van der Waals surface area contributed by atoms with Gasteiger partial charge in [-0.2, -0.15) is 0 Å². The molecule has 0 bridgehead atoms. The van der Waals surface area contributed by atoms with Crippen molar-refractivity contribution in [3.63, 3.8) is 0 Å². The van der Waals surface area contributed by atoms with E-state index in [4.69, 9.17) is 14.6 Å². The number of carboxylic acids is 1. The van der Waals surface area contributed by atoms with Crippen LogP contribution in [0.25, 0.3) is 0 Å². The summed E-state index contributed by atoms with van der Waals surface area (Å²) < 4.78 is 23.7. The fraction of sp³-hybridized carbons (Fsp3) is 0.154. The van der Waals surface area contributed by atoms with E-state index in [2.05, 4.69) is 0 Å². The molecule has 0 aliphatic rings. The first-order valence-electron chi connectivity index (χ1n) is 5.39. The van der Waals surface area contributed by atoms with Gasteiger partial charge in [0, 0.05) is 11.6 Å². The Balaban J connectivity index is 2.17. The number of carbonyl (C=O) groups is 1. The van der Waals surface area contributed by atoms with Gasteiger partial charge >= 0.3 is 5.97 Å². The van der Waals surface area contributed by atoms with Crippen molar-refractivity contribution in [1.29, 1.82) is 0 Å². The van der Waals surface area contributed by atoms with Crippen molar-refractivity contribution in [2.75, 3.05) is 7.11 Å². The van der Waals surface area contributed by atoms with Crippen LogP contribution in [0.15, 0.2) is 30.3 Å². The Morgan fingerprint density at radius 2 is 2.16 bits per heavy atom. The van der Waals surface area contributed by atoms with Crippen LogP contribution in [0.5, 0.6) is 10.8 Å². The third-order valence-corrected chi connectivity index (χ3v) is 3.48. The Labute approximate surface area is 113 Å². The summed E-state index contributed by atoms with van der Waals surface area (Å²) in [7, 11) is 1.44. The van der Waals surface area contributed by atoms with Gasteiger partial charge in [0.25, 0.3) is 0 Å². The molecule has 0 aliphatic heterocycles. The van der Waals surface area contributed by atoms with Gasteiger partial charge in [0.2, 0.25) is 0 Å². The molecule has 100 valence electrons. The van der Waals surface area contributed by atoms with E-state index in [1.54, 1.807) is 18.2 Å². The van der Waals surface area contributed by atoms with Gasteiger partial charge < -0.3 is 14.6 Å². The second-order valence-corrected chi connectivity index (χ2v) is 4.66. The average Bonchev–Trinajstić information content (AvgIpc) is 2.81. The summed E-state index contributed by atoms with van der Waals surface area (Å²) in [5.41, 5.74) is 0.365. The lowest BCUT2D eigenvalue weighted by molar-refractivity contribution is 0.0697. The van der Waals surface area contributed by atoms with E-state index in [-0.39, 0.29) is 23.1 Å². The van der Waals surface area contributed by atoms with Crippen molar-refractivity contribution >= 4 is 17.3 Å². The number of halogens is 1. The number of thiophene rings is 1. The molecule has 1 heterocycles. The van der Waals surface area contributed by atoms with Crippen LogP contribution in [0.4, 0.5) is 4.39 Å². The monoisotopic (exact) mass is 282 g/mol. The van der Waals surface area contributed by atoms with E-state index < -0.39 is 5.97 Å². The molecule has 0 unspecified atom stereocenters. The van der Waals surface area contributed by atoms with Gasteiger partial charge in [-0.15, -0.1) is 0 Å². The maximum absolute atomic E-state index is 13.4. The first kappa shape index (κ1) is 13.4. The molecule has 0 aliphatic carbocycles. The SMILES string of the molecule is COc1cc(OCc2ccccc2F)c(C(=O)O)s1. The lowest BCUT2D eigenvalue weighted by Gasteiger charge is -2.06. The number of hydrogen-bond acceptors (Lipinski definition) is 4. The maximum Gasteiger partial charge on any atom is 0.349 e. The smallest absolute Gasteiger partial charge is 0.349 e. The number of benzene rings is 1. The van der Waals surface area contributed by atoms with Crippen LogP contribution in [0.2, 0.25) is 0 Å². The van der Waals surface area contributed by atoms with Gasteiger partial charge in [-0.1, -0.05) is 29.5 Å². The number of hydrogen-bond donors (Lipinski definition) is 1. The lowest BCUT2D eigenvalue weighted by atomic mass is 10.2. The van der Waals surface area contributed by atoms with Crippen molar-refractivity contribution in [3.05, 3.63) is 46.6 Å². The molecule has 1 aromatic carbocycles. The number of rotatable bonds is 5. The molecule has 19 heavy (non-hydrogen) atoms. The zero-order valence-corrected chi connectivity index (χ0v) is 10.9. The van der Waals surface area contributed by atoms with Gasteiger partial charge in [-0.3, -0.25) is 0 Å². The minimum absolute atomic E-state index is 0.0349. The molecule has 1 N–H and O–H groups in total. The van der Waals surface area contributed by atoms with E-state index in [0.29, 0.717) is 10.6 Å². The molecule has 6 heteroatoms. The zero-order chi connectivity index (χ0) is 13.8. The second-order valence-electron chi connectivity index (χ2n) is 3.65. The van der Waals surface area contributed by atoms with Crippen molar-refractivity contribution in [2.45, 2.75) is 6.61 Å². The van der Waals surface area contributed by atoms with Crippen LogP contribution < -0.4 is 9.47 Å². The van der Waals surface area contributed by atoms with Crippen molar-refractivity contribution in [2.24, 2.45) is 0 Å². The molecule has 4 nitrogen and oxygen atoms in total. The molecule has 2 aromatic rings. The predicted octanol–water partition coefficient (Wildman–Crippen LogP) is 3.17. The second kappa shape index (κ2) is 5.71. The summed E-state index contributed by atoms with van der Waals surface area (Å²) in [6.07, 6.45) is 0. The van der Waals surface area contributed by atoms with Crippen molar-refractivity contribution < 1.29 is 23.8 Å². The average molecular weight is 282 g/mol. The van der Waals surface area contributed by atoms with Crippen molar-refractivity contribution in [3.8, 4) is 10.8 Å². The summed E-state index contributed by atoms with van der Waals surface area (Å²) in [6.45, 7) is -0.0349. The molecule has 0 fully saturated rings. The summed E-state index contributed by atoms with van der Waals surface area (Å²) in [5, 5.41) is 9.46. The van der Waals surface area contributed by atoms with E-state index in [1.165, 1.54) is 19.2 Å². The number of aromatic carboxylic acids is 1. The molecule has 0 saturated heterocycles. The Morgan fingerprint density at radius 1 is 1.42 bits per heavy atom. The van der Waals surface area contributed by atoms with Gasteiger partial charge in [-0.05, 0) is 6.07 Å². The highest BCUT2D eigenvalue weighted by atomic mass is 32.1. The Hall–Kier alpha value is -2.08. The normalized spacial score (nSPS) is 10.2.